The number of alkyl halides is 3. The molecule has 0 saturated carbocycles. The lowest BCUT2D eigenvalue weighted by Gasteiger charge is -2.09. The van der Waals surface area contributed by atoms with Crippen LogP contribution < -0.4 is 15.7 Å². The molecule has 1 amide bonds. The van der Waals surface area contributed by atoms with E-state index in [4.69, 9.17) is 4.74 Å². The van der Waals surface area contributed by atoms with Gasteiger partial charge < -0.3 is 10.1 Å². The number of aryl methyl sites for hydroxylation is 1. The molecule has 0 bridgehead atoms. The fourth-order valence-electron chi connectivity index (χ4n) is 3.32. The lowest BCUT2D eigenvalue weighted by Crippen LogP contribution is -2.29. The summed E-state index contributed by atoms with van der Waals surface area (Å²) in [4.78, 5) is 29.6. The molecule has 2 aromatic carbocycles. The number of nitrogens with one attached hydrogen (secondary N) is 1. The van der Waals surface area contributed by atoms with E-state index in [9.17, 15) is 22.8 Å². The molecule has 170 valence electrons. The van der Waals surface area contributed by atoms with Crippen LogP contribution in [0.15, 0.2) is 59.4 Å². The molecule has 4 aromatic rings. The smallest absolute Gasteiger partial charge is 0.416 e. The van der Waals surface area contributed by atoms with E-state index in [1.165, 1.54) is 16.5 Å². The fourth-order valence-corrected chi connectivity index (χ4v) is 3.32. The Labute approximate surface area is 185 Å². The molecule has 1 N–H and O–H groups in total. The second-order valence-electron chi connectivity index (χ2n) is 7.18. The van der Waals surface area contributed by atoms with Gasteiger partial charge in [0.05, 0.1) is 18.4 Å². The molecule has 2 heterocycles. The highest BCUT2D eigenvalue weighted by Gasteiger charge is 2.30. The van der Waals surface area contributed by atoms with Crippen LogP contribution in [0.25, 0.3) is 16.9 Å². The lowest BCUT2D eigenvalue weighted by molar-refractivity contribution is -0.137. The monoisotopic (exact) mass is 457 g/mol. The van der Waals surface area contributed by atoms with Crippen molar-refractivity contribution in [1.29, 1.82) is 0 Å². The number of fused-ring (bicyclic) bond motifs is 1. The second kappa shape index (κ2) is 8.41. The van der Waals surface area contributed by atoms with Gasteiger partial charge in [0.1, 0.15) is 18.1 Å². The molecule has 0 saturated heterocycles. The predicted octanol–water partition coefficient (Wildman–Crippen LogP) is 3.53. The molecule has 0 unspecified atom stereocenters. The molecule has 0 spiro atoms. The van der Waals surface area contributed by atoms with Crippen molar-refractivity contribution in [2.24, 2.45) is 0 Å². The van der Waals surface area contributed by atoms with Gasteiger partial charge in [-0.25, -0.2) is 18.9 Å². The zero-order chi connectivity index (χ0) is 23.8. The van der Waals surface area contributed by atoms with Crippen molar-refractivity contribution >= 4 is 17.2 Å². The van der Waals surface area contributed by atoms with Gasteiger partial charge in [0.15, 0.2) is 5.65 Å². The zero-order valence-corrected chi connectivity index (χ0v) is 17.6. The lowest BCUT2D eigenvalue weighted by atomic mass is 10.1. The fraction of sp³-hybridized carbons (Fsp3) is 0.182. The van der Waals surface area contributed by atoms with E-state index in [-0.39, 0.29) is 11.3 Å². The van der Waals surface area contributed by atoms with Gasteiger partial charge >= 0.3 is 11.9 Å². The first-order valence-corrected chi connectivity index (χ1v) is 9.74. The topological polar surface area (TPSA) is 90.5 Å². The van der Waals surface area contributed by atoms with E-state index in [2.05, 4.69) is 15.4 Å². The molecular weight excluding hydrogens is 439 g/mol. The molecule has 8 nitrogen and oxygen atoms in total. The van der Waals surface area contributed by atoms with Crippen molar-refractivity contribution in [3.63, 3.8) is 0 Å². The van der Waals surface area contributed by atoms with Gasteiger partial charge in [-0.3, -0.25) is 4.79 Å². The van der Waals surface area contributed by atoms with Gasteiger partial charge in [-0.2, -0.15) is 13.2 Å². The zero-order valence-electron chi connectivity index (χ0n) is 17.6. The van der Waals surface area contributed by atoms with E-state index in [0.29, 0.717) is 17.3 Å². The number of nitrogens with zero attached hydrogens (tertiary/aromatic N) is 4. The van der Waals surface area contributed by atoms with Gasteiger partial charge in [-0.05, 0) is 49.4 Å². The average molecular weight is 457 g/mol. The van der Waals surface area contributed by atoms with Crippen LogP contribution in [-0.2, 0) is 17.5 Å². The van der Waals surface area contributed by atoms with Gasteiger partial charge in [0.2, 0.25) is 5.91 Å². The Morgan fingerprint density at radius 2 is 1.85 bits per heavy atom. The van der Waals surface area contributed by atoms with Gasteiger partial charge in [-0.1, -0.05) is 6.07 Å². The van der Waals surface area contributed by atoms with E-state index >= 15 is 0 Å². The molecule has 11 heteroatoms. The number of methoxy groups -OCH3 is 1. The van der Waals surface area contributed by atoms with Crippen molar-refractivity contribution in [3.8, 4) is 17.0 Å². The van der Waals surface area contributed by atoms with Crippen LogP contribution in [0.1, 0.15) is 11.4 Å². The number of benzene rings is 2. The number of anilines is 1. The van der Waals surface area contributed by atoms with Crippen LogP contribution in [0.3, 0.4) is 0 Å². The number of carbonyl (C=O) groups excluding carboxylic acids is 1. The maximum atomic E-state index is 12.9. The third kappa shape index (κ3) is 4.56. The third-order valence-corrected chi connectivity index (χ3v) is 4.89. The molecule has 0 radical (unpaired) electrons. The number of ether oxygens (including phenoxy) is 1. The van der Waals surface area contributed by atoms with Crippen LogP contribution in [0.5, 0.6) is 5.75 Å². The molecule has 4 rings (SSSR count). The largest absolute Gasteiger partial charge is 0.497 e. The molecule has 2 aromatic heterocycles. The molecule has 0 atom stereocenters. The van der Waals surface area contributed by atoms with Crippen LogP contribution in [0, 0.1) is 6.92 Å². The van der Waals surface area contributed by atoms with E-state index in [1.54, 1.807) is 32.2 Å². The summed E-state index contributed by atoms with van der Waals surface area (Å²) in [5, 5.41) is 6.55. The minimum Gasteiger partial charge on any atom is -0.497 e. The normalized spacial score (nSPS) is 11.5. The standard InChI is InChI=1S/C22H18F3N5O3/c1-13-26-18(14-6-8-17(33-2)9-7-14)11-19-28-29(21(32)30(13)19)12-20(31)27-16-5-3-4-15(10-16)22(23,24)25/h3-11H,12H2,1-2H3,(H,27,31). The Morgan fingerprint density at radius 3 is 2.52 bits per heavy atom. The Kier molecular flexibility index (Phi) is 5.62. The van der Waals surface area contributed by atoms with E-state index in [0.717, 1.165) is 22.4 Å². The van der Waals surface area contributed by atoms with Crippen molar-refractivity contribution < 1.29 is 22.7 Å². The minimum absolute atomic E-state index is 0.0359. The number of halogens is 3. The molecule has 0 fully saturated rings. The van der Waals surface area contributed by atoms with Gasteiger partial charge in [-0.15, -0.1) is 5.10 Å². The number of amides is 1. The summed E-state index contributed by atoms with van der Waals surface area (Å²) in [7, 11) is 1.56. The highest BCUT2D eigenvalue weighted by molar-refractivity contribution is 5.90. The van der Waals surface area contributed by atoms with Crippen LogP contribution >= 0.6 is 0 Å². The Hall–Kier alpha value is -4.15. The average Bonchev–Trinajstić information content (AvgIpc) is 3.08. The number of aromatic nitrogens is 4. The number of hydrogen-bond donors (Lipinski definition) is 1. The van der Waals surface area contributed by atoms with Crippen molar-refractivity contribution in [2.75, 3.05) is 12.4 Å². The third-order valence-electron chi connectivity index (χ3n) is 4.89. The number of carbonyl (C=O) groups is 1. The predicted molar refractivity (Wildman–Crippen MR) is 114 cm³/mol. The van der Waals surface area contributed by atoms with Gasteiger partial charge in [0.25, 0.3) is 0 Å². The molecule has 0 aliphatic carbocycles. The highest BCUT2D eigenvalue weighted by atomic mass is 19.4. The maximum Gasteiger partial charge on any atom is 0.416 e. The molecule has 33 heavy (non-hydrogen) atoms. The highest BCUT2D eigenvalue weighted by Crippen LogP contribution is 2.30. The van der Waals surface area contributed by atoms with Crippen molar-refractivity contribution in [1.82, 2.24) is 19.2 Å². The van der Waals surface area contributed by atoms with Crippen LogP contribution in [0.4, 0.5) is 18.9 Å². The van der Waals surface area contributed by atoms with Crippen molar-refractivity contribution in [2.45, 2.75) is 19.6 Å². The Morgan fingerprint density at radius 1 is 1.12 bits per heavy atom. The summed E-state index contributed by atoms with van der Waals surface area (Å²) in [5.41, 5.74) is 0.129. The first-order chi connectivity index (χ1) is 15.7. The van der Waals surface area contributed by atoms with E-state index < -0.39 is 29.9 Å². The summed E-state index contributed by atoms with van der Waals surface area (Å²) in [6, 6.07) is 13.0. The van der Waals surface area contributed by atoms with Crippen LogP contribution in [0.2, 0.25) is 0 Å². The molecule has 0 aliphatic rings. The Balaban J connectivity index is 1.59. The minimum atomic E-state index is -4.54. The first kappa shape index (κ1) is 22.1. The van der Waals surface area contributed by atoms with Crippen LogP contribution in [-0.4, -0.2) is 32.2 Å². The van der Waals surface area contributed by atoms with Gasteiger partial charge in [0, 0.05) is 17.3 Å². The first-order valence-electron chi connectivity index (χ1n) is 9.74. The summed E-state index contributed by atoms with van der Waals surface area (Å²) < 4.78 is 45.9. The maximum absolute atomic E-state index is 12.9. The number of hydrogen-bond acceptors (Lipinski definition) is 5. The molecule has 0 aliphatic heterocycles. The summed E-state index contributed by atoms with van der Waals surface area (Å²) in [6.45, 7) is 1.16. The summed E-state index contributed by atoms with van der Waals surface area (Å²) >= 11 is 0. The summed E-state index contributed by atoms with van der Waals surface area (Å²) in [5.74, 6) is 0.359. The molecular formula is C22H18F3N5O3. The SMILES string of the molecule is COc1ccc(-c2cc3nn(CC(=O)Nc4cccc(C(F)(F)F)c4)c(=O)n3c(C)n2)cc1. The number of rotatable bonds is 5. The quantitative estimate of drug-likeness (QED) is 0.495. The Bertz CT molecular complexity index is 1390. The second-order valence-corrected chi connectivity index (χ2v) is 7.18. The van der Waals surface area contributed by atoms with Crippen molar-refractivity contribution in [3.05, 3.63) is 76.5 Å². The van der Waals surface area contributed by atoms with E-state index in [1.807, 2.05) is 12.1 Å². The summed E-state index contributed by atoms with van der Waals surface area (Å²) in [6.07, 6.45) is -4.54.